The molecule has 0 saturated carbocycles. The van der Waals surface area contributed by atoms with E-state index in [1.165, 1.54) is 24.3 Å². The molecule has 130 valence electrons. The maximum atomic E-state index is 12.0. The summed E-state index contributed by atoms with van der Waals surface area (Å²) in [4.78, 5) is 11.8. The first-order valence-corrected chi connectivity index (χ1v) is 6.85. The number of morpholine rings is 1. The molecule has 0 spiro atoms. The number of hydrogen-bond donors (Lipinski definition) is 2. The van der Waals surface area contributed by atoms with Crippen LogP contribution in [0.25, 0.3) is 0 Å². The average Bonchev–Trinajstić information content (AvgIpc) is 2.46. The molecule has 9 heteroatoms. The lowest BCUT2D eigenvalue weighted by atomic mass is 10.1. The van der Waals surface area contributed by atoms with Gasteiger partial charge in [-0.25, -0.2) is 0 Å². The van der Waals surface area contributed by atoms with Crippen LogP contribution in [0, 0.1) is 0 Å². The van der Waals surface area contributed by atoms with Crippen molar-refractivity contribution in [2.24, 2.45) is 0 Å². The van der Waals surface area contributed by atoms with Crippen LogP contribution in [0.4, 0.5) is 13.2 Å². The van der Waals surface area contributed by atoms with E-state index in [4.69, 9.17) is 4.74 Å². The van der Waals surface area contributed by atoms with Crippen molar-refractivity contribution in [3.63, 3.8) is 0 Å². The summed E-state index contributed by atoms with van der Waals surface area (Å²) in [6.07, 6.45) is -4.40. The lowest BCUT2D eigenvalue weighted by Crippen LogP contribution is -2.44. The van der Waals surface area contributed by atoms with E-state index in [1.54, 1.807) is 0 Å². The molecular weight excluding hydrogens is 337 g/mol. The Morgan fingerprint density at radius 2 is 2.04 bits per heavy atom. The van der Waals surface area contributed by atoms with Crippen LogP contribution in [-0.4, -0.2) is 38.1 Å². The van der Waals surface area contributed by atoms with Crippen molar-refractivity contribution in [1.82, 2.24) is 10.6 Å². The zero-order valence-electron chi connectivity index (χ0n) is 12.2. The third kappa shape index (κ3) is 7.54. The Balaban J connectivity index is 0.00000264. The SMILES string of the molecule is Cl.O=C(CC1COCCN1)NCc1ccc(OC(F)(F)F)cc1. The molecule has 1 saturated heterocycles. The predicted molar refractivity (Wildman–Crippen MR) is 79.4 cm³/mol. The van der Waals surface area contributed by atoms with Gasteiger partial charge in [-0.1, -0.05) is 12.1 Å². The quantitative estimate of drug-likeness (QED) is 0.849. The van der Waals surface area contributed by atoms with Crippen molar-refractivity contribution < 1.29 is 27.4 Å². The number of amides is 1. The third-order valence-electron chi connectivity index (χ3n) is 3.08. The molecule has 0 radical (unpaired) electrons. The summed E-state index contributed by atoms with van der Waals surface area (Å²) in [5.74, 6) is -0.426. The number of nitrogens with one attached hydrogen (secondary N) is 2. The van der Waals surface area contributed by atoms with E-state index in [1.807, 2.05) is 0 Å². The molecule has 0 bridgehead atoms. The molecule has 1 aliphatic rings. The Bertz CT molecular complexity index is 491. The van der Waals surface area contributed by atoms with Crippen LogP contribution >= 0.6 is 12.4 Å². The van der Waals surface area contributed by atoms with Gasteiger partial charge < -0.3 is 20.1 Å². The van der Waals surface area contributed by atoms with E-state index < -0.39 is 6.36 Å². The van der Waals surface area contributed by atoms with E-state index >= 15 is 0 Å². The highest BCUT2D eigenvalue weighted by Gasteiger charge is 2.30. The monoisotopic (exact) mass is 354 g/mol. The average molecular weight is 355 g/mol. The zero-order valence-corrected chi connectivity index (χ0v) is 13.0. The number of carbonyl (C=O) groups excluding carboxylic acids is 1. The Morgan fingerprint density at radius 3 is 2.61 bits per heavy atom. The van der Waals surface area contributed by atoms with Crippen molar-refractivity contribution in [3.05, 3.63) is 29.8 Å². The molecule has 5 nitrogen and oxygen atoms in total. The normalized spacial score (nSPS) is 18.0. The first kappa shape index (κ1) is 19.5. The fourth-order valence-electron chi connectivity index (χ4n) is 2.06. The predicted octanol–water partition coefficient (Wildman–Crippen LogP) is 2.00. The van der Waals surface area contributed by atoms with Crippen LogP contribution in [0.2, 0.25) is 0 Å². The van der Waals surface area contributed by atoms with Gasteiger partial charge >= 0.3 is 6.36 Å². The van der Waals surface area contributed by atoms with Gasteiger partial charge in [-0.15, -0.1) is 25.6 Å². The number of alkyl halides is 3. The van der Waals surface area contributed by atoms with Gasteiger partial charge in [0.25, 0.3) is 0 Å². The minimum Gasteiger partial charge on any atom is -0.406 e. The number of ether oxygens (including phenoxy) is 2. The molecule has 1 unspecified atom stereocenters. The molecular formula is C14H18ClF3N2O3. The number of carbonyl (C=O) groups is 1. The molecule has 1 heterocycles. The Kier molecular flexibility index (Phi) is 7.60. The summed E-state index contributed by atoms with van der Waals surface area (Å²) >= 11 is 0. The van der Waals surface area contributed by atoms with E-state index in [0.717, 1.165) is 6.54 Å². The molecule has 0 aliphatic carbocycles. The molecule has 1 atom stereocenters. The second-order valence-corrected chi connectivity index (χ2v) is 4.90. The molecule has 1 aromatic carbocycles. The third-order valence-corrected chi connectivity index (χ3v) is 3.08. The summed E-state index contributed by atoms with van der Waals surface area (Å²) < 4.78 is 45.1. The number of halogens is 4. The van der Waals surface area contributed by atoms with Gasteiger partial charge in [-0.3, -0.25) is 4.79 Å². The molecule has 1 amide bonds. The second kappa shape index (κ2) is 8.95. The van der Waals surface area contributed by atoms with Crippen molar-refractivity contribution in [2.75, 3.05) is 19.8 Å². The van der Waals surface area contributed by atoms with Gasteiger partial charge in [0.05, 0.1) is 13.2 Å². The minimum absolute atomic E-state index is 0. The van der Waals surface area contributed by atoms with Crippen LogP contribution in [0.3, 0.4) is 0 Å². The first-order valence-electron chi connectivity index (χ1n) is 6.85. The van der Waals surface area contributed by atoms with Crippen molar-refractivity contribution >= 4 is 18.3 Å². The lowest BCUT2D eigenvalue weighted by molar-refractivity contribution is -0.274. The summed E-state index contributed by atoms with van der Waals surface area (Å²) in [6, 6.07) is 5.38. The van der Waals surface area contributed by atoms with E-state index in [9.17, 15) is 18.0 Å². The number of rotatable bonds is 5. The van der Waals surface area contributed by atoms with Gasteiger partial charge in [0, 0.05) is 25.6 Å². The second-order valence-electron chi connectivity index (χ2n) is 4.90. The standard InChI is InChI=1S/C14H17F3N2O3.ClH/c15-14(16,17)22-12-3-1-10(2-4-12)8-19-13(20)7-11-9-21-6-5-18-11;/h1-4,11,18H,5-9H2,(H,19,20);1H. The van der Waals surface area contributed by atoms with Crippen LogP contribution in [-0.2, 0) is 16.1 Å². The molecule has 2 N–H and O–H groups in total. The molecule has 0 aromatic heterocycles. The Morgan fingerprint density at radius 1 is 1.35 bits per heavy atom. The van der Waals surface area contributed by atoms with Crippen molar-refractivity contribution in [3.8, 4) is 5.75 Å². The molecule has 23 heavy (non-hydrogen) atoms. The Labute approximate surface area is 137 Å². The zero-order chi connectivity index (χ0) is 16.0. The maximum absolute atomic E-state index is 12.0. The lowest BCUT2D eigenvalue weighted by Gasteiger charge is -2.23. The van der Waals surface area contributed by atoms with Gasteiger partial charge in [0.1, 0.15) is 5.75 Å². The number of hydrogen-bond acceptors (Lipinski definition) is 4. The minimum atomic E-state index is -4.70. The summed E-state index contributed by atoms with van der Waals surface area (Å²) in [5.41, 5.74) is 0.690. The molecule has 1 aliphatic heterocycles. The Hall–Kier alpha value is -1.51. The van der Waals surface area contributed by atoms with Gasteiger partial charge in [0.15, 0.2) is 0 Å². The summed E-state index contributed by atoms with van der Waals surface area (Å²) in [7, 11) is 0. The summed E-state index contributed by atoms with van der Waals surface area (Å²) in [6.45, 7) is 2.11. The summed E-state index contributed by atoms with van der Waals surface area (Å²) in [5, 5.41) is 5.88. The highest BCUT2D eigenvalue weighted by molar-refractivity contribution is 5.85. The first-order chi connectivity index (χ1) is 10.4. The van der Waals surface area contributed by atoms with Crippen LogP contribution in [0.5, 0.6) is 5.75 Å². The van der Waals surface area contributed by atoms with Crippen molar-refractivity contribution in [2.45, 2.75) is 25.4 Å². The fourth-order valence-corrected chi connectivity index (χ4v) is 2.06. The van der Waals surface area contributed by atoms with E-state index in [2.05, 4.69) is 15.4 Å². The number of benzene rings is 1. The van der Waals surface area contributed by atoms with Crippen LogP contribution < -0.4 is 15.4 Å². The largest absolute Gasteiger partial charge is 0.573 e. The molecule has 2 rings (SSSR count). The smallest absolute Gasteiger partial charge is 0.406 e. The highest BCUT2D eigenvalue weighted by atomic mass is 35.5. The van der Waals surface area contributed by atoms with Crippen molar-refractivity contribution in [1.29, 1.82) is 0 Å². The highest BCUT2D eigenvalue weighted by Crippen LogP contribution is 2.22. The fraction of sp³-hybridized carbons (Fsp3) is 0.500. The van der Waals surface area contributed by atoms with Gasteiger partial charge in [0.2, 0.25) is 5.91 Å². The van der Waals surface area contributed by atoms with Crippen LogP contribution in [0.15, 0.2) is 24.3 Å². The van der Waals surface area contributed by atoms with Crippen LogP contribution in [0.1, 0.15) is 12.0 Å². The maximum Gasteiger partial charge on any atom is 0.573 e. The van der Waals surface area contributed by atoms with Gasteiger partial charge in [-0.2, -0.15) is 0 Å². The molecule has 1 aromatic rings. The van der Waals surface area contributed by atoms with E-state index in [-0.39, 0.29) is 36.7 Å². The van der Waals surface area contributed by atoms with E-state index in [0.29, 0.717) is 25.2 Å². The molecule has 1 fully saturated rings. The van der Waals surface area contributed by atoms with Gasteiger partial charge in [-0.05, 0) is 17.7 Å². The topological polar surface area (TPSA) is 59.6 Å².